The third-order valence-corrected chi connectivity index (χ3v) is 5.44. The lowest BCUT2D eigenvalue weighted by atomic mass is 9.91. The Bertz CT molecular complexity index is 469. The Kier molecular flexibility index (Phi) is 3.89. The molecule has 3 nitrogen and oxygen atoms in total. The minimum absolute atomic E-state index is 0.0188. The van der Waals surface area contributed by atoms with Crippen molar-refractivity contribution in [2.24, 2.45) is 0 Å². The summed E-state index contributed by atoms with van der Waals surface area (Å²) >= 11 is 1.72. The van der Waals surface area contributed by atoms with E-state index in [0.29, 0.717) is 0 Å². The summed E-state index contributed by atoms with van der Waals surface area (Å²) in [6.07, 6.45) is 8.11. The number of carbonyl (C=O) groups is 1. The molecule has 0 saturated heterocycles. The van der Waals surface area contributed by atoms with Crippen LogP contribution < -0.4 is 5.32 Å². The second kappa shape index (κ2) is 5.63. The Morgan fingerprint density at radius 1 is 1.21 bits per heavy atom. The quantitative estimate of drug-likeness (QED) is 0.874. The van der Waals surface area contributed by atoms with Gasteiger partial charge in [0.2, 0.25) is 0 Å². The van der Waals surface area contributed by atoms with Gasteiger partial charge in [0.15, 0.2) is 0 Å². The Balaban J connectivity index is 1.71. The van der Waals surface area contributed by atoms with Gasteiger partial charge in [0, 0.05) is 10.3 Å². The number of carbonyl (C=O) groups excluding carboxylic acids is 1. The normalized spacial score (nSPS) is 26.8. The minimum Gasteiger partial charge on any atom is -0.391 e. The van der Waals surface area contributed by atoms with Crippen molar-refractivity contribution in [1.82, 2.24) is 5.32 Å². The van der Waals surface area contributed by atoms with Gasteiger partial charge in [-0.1, -0.05) is 12.8 Å². The zero-order valence-electron chi connectivity index (χ0n) is 11.2. The molecule has 0 bridgehead atoms. The molecule has 2 aliphatic carbocycles. The maximum Gasteiger partial charge on any atom is 0.252 e. The number of amides is 1. The Morgan fingerprint density at radius 2 is 2.00 bits per heavy atom. The van der Waals surface area contributed by atoms with E-state index in [4.69, 9.17) is 0 Å². The van der Waals surface area contributed by atoms with Gasteiger partial charge in [-0.25, -0.2) is 0 Å². The molecule has 1 fully saturated rings. The SMILES string of the molecule is O=C(N[C@H]1CCCC[C@@H]1O)c1csc2c1CCCC2. The van der Waals surface area contributed by atoms with E-state index < -0.39 is 0 Å². The van der Waals surface area contributed by atoms with Crippen LogP contribution in [0.15, 0.2) is 5.38 Å². The maximum absolute atomic E-state index is 12.4. The molecule has 1 aromatic heterocycles. The number of aliphatic hydroxyl groups is 1. The number of rotatable bonds is 2. The average Bonchev–Trinajstić information content (AvgIpc) is 2.85. The molecule has 1 heterocycles. The third kappa shape index (κ3) is 2.70. The molecule has 1 saturated carbocycles. The predicted octanol–water partition coefficient (Wildman–Crippen LogP) is 2.66. The maximum atomic E-state index is 12.4. The fourth-order valence-electron chi connectivity index (χ4n) is 3.21. The van der Waals surface area contributed by atoms with E-state index in [-0.39, 0.29) is 18.1 Å². The van der Waals surface area contributed by atoms with Gasteiger partial charge in [0.1, 0.15) is 0 Å². The predicted molar refractivity (Wildman–Crippen MR) is 76.7 cm³/mol. The standard InChI is InChI=1S/C15H21NO2S/c17-13-7-3-2-6-12(13)16-15(18)11-9-19-14-8-4-1-5-10(11)14/h9,12-13,17H,1-8H2,(H,16,18)/t12-,13-/m0/s1. The van der Waals surface area contributed by atoms with E-state index in [9.17, 15) is 9.90 Å². The summed E-state index contributed by atoms with van der Waals surface area (Å²) in [5, 5.41) is 15.0. The summed E-state index contributed by atoms with van der Waals surface area (Å²) in [5.74, 6) is 0.0188. The first kappa shape index (κ1) is 13.1. The fraction of sp³-hybridized carbons (Fsp3) is 0.667. The van der Waals surface area contributed by atoms with Crippen LogP contribution in [0.5, 0.6) is 0 Å². The van der Waals surface area contributed by atoms with Gasteiger partial charge in [-0.2, -0.15) is 0 Å². The molecule has 2 atom stereocenters. The topological polar surface area (TPSA) is 49.3 Å². The van der Waals surface area contributed by atoms with Gasteiger partial charge in [0.05, 0.1) is 17.7 Å². The van der Waals surface area contributed by atoms with Crippen molar-refractivity contribution < 1.29 is 9.90 Å². The Hall–Kier alpha value is -0.870. The molecule has 1 aromatic rings. The highest BCUT2D eigenvalue weighted by Gasteiger charge is 2.27. The number of hydrogen-bond donors (Lipinski definition) is 2. The molecule has 0 spiro atoms. The Morgan fingerprint density at radius 3 is 2.84 bits per heavy atom. The molecular formula is C15H21NO2S. The van der Waals surface area contributed by atoms with Crippen molar-refractivity contribution in [3.8, 4) is 0 Å². The van der Waals surface area contributed by atoms with Gasteiger partial charge in [0.25, 0.3) is 5.91 Å². The largest absolute Gasteiger partial charge is 0.391 e. The second-order valence-electron chi connectivity index (χ2n) is 5.69. The first-order valence-electron chi connectivity index (χ1n) is 7.34. The fourth-order valence-corrected chi connectivity index (χ4v) is 4.34. The summed E-state index contributed by atoms with van der Waals surface area (Å²) in [6, 6.07) is -0.0552. The number of fused-ring (bicyclic) bond motifs is 1. The van der Waals surface area contributed by atoms with Gasteiger partial charge in [-0.3, -0.25) is 4.79 Å². The van der Waals surface area contributed by atoms with E-state index in [1.165, 1.54) is 23.3 Å². The van der Waals surface area contributed by atoms with Crippen LogP contribution in [0, 0.1) is 0 Å². The summed E-state index contributed by atoms with van der Waals surface area (Å²) < 4.78 is 0. The van der Waals surface area contributed by atoms with E-state index in [0.717, 1.165) is 44.1 Å². The highest BCUT2D eigenvalue weighted by molar-refractivity contribution is 7.10. The zero-order chi connectivity index (χ0) is 13.2. The third-order valence-electron chi connectivity index (χ3n) is 4.35. The molecule has 0 radical (unpaired) electrons. The van der Waals surface area contributed by atoms with Gasteiger partial charge in [-0.05, 0) is 44.1 Å². The average molecular weight is 279 g/mol. The monoisotopic (exact) mass is 279 g/mol. The lowest BCUT2D eigenvalue weighted by Gasteiger charge is -2.28. The van der Waals surface area contributed by atoms with Crippen molar-refractivity contribution in [3.63, 3.8) is 0 Å². The highest BCUT2D eigenvalue weighted by Crippen LogP contribution is 2.30. The lowest BCUT2D eigenvalue weighted by Crippen LogP contribution is -2.45. The van der Waals surface area contributed by atoms with Gasteiger partial charge in [-0.15, -0.1) is 11.3 Å². The number of hydrogen-bond acceptors (Lipinski definition) is 3. The molecule has 4 heteroatoms. The summed E-state index contributed by atoms with van der Waals surface area (Å²) in [6.45, 7) is 0. The first-order valence-corrected chi connectivity index (χ1v) is 8.22. The minimum atomic E-state index is -0.368. The summed E-state index contributed by atoms with van der Waals surface area (Å²) in [7, 11) is 0. The zero-order valence-corrected chi connectivity index (χ0v) is 12.0. The van der Waals surface area contributed by atoms with Crippen LogP contribution in [0.3, 0.4) is 0 Å². The molecule has 2 N–H and O–H groups in total. The number of aliphatic hydroxyl groups excluding tert-OH is 1. The smallest absolute Gasteiger partial charge is 0.252 e. The Labute approximate surface area is 118 Å². The summed E-state index contributed by atoms with van der Waals surface area (Å²) in [5.41, 5.74) is 2.12. The van der Waals surface area contributed by atoms with Crippen molar-refractivity contribution in [3.05, 3.63) is 21.4 Å². The van der Waals surface area contributed by atoms with Crippen LogP contribution in [0.4, 0.5) is 0 Å². The number of thiophene rings is 1. The molecule has 1 amide bonds. The first-order chi connectivity index (χ1) is 9.25. The molecule has 3 rings (SSSR count). The van der Waals surface area contributed by atoms with Crippen LogP contribution >= 0.6 is 11.3 Å². The molecule has 0 aromatic carbocycles. The van der Waals surface area contributed by atoms with E-state index in [1.54, 1.807) is 11.3 Å². The van der Waals surface area contributed by atoms with E-state index in [1.807, 2.05) is 5.38 Å². The lowest BCUT2D eigenvalue weighted by molar-refractivity contribution is 0.0717. The van der Waals surface area contributed by atoms with Crippen molar-refractivity contribution in [2.75, 3.05) is 0 Å². The van der Waals surface area contributed by atoms with E-state index in [2.05, 4.69) is 5.32 Å². The van der Waals surface area contributed by atoms with E-state index >= 15 is 0 Å². The van der Waals surface area contributed by atoms with Crippen molar-refractivity contribution in [2.45, 2.75) is 63.5 Å². The molecular weight excluding hydrogens is 258 g/mol. The van der Waals surface area contributed by atoms with Crippen LogP contribution in [0.2, 0.25) is 0 Å². The van der Waals surface area contributed by atoms with Crippen LogP contribution in [-0.2, 0) is 12.8 Å². The van der Waals surface area contributed by atoms with Crippen LogP contribution in [0.1, 0.15) is 59.3 Å². The van der Waals surface area contributed by atoms with Crippen molar-refractivity contribution in [1.29, 1.82) is 0 Å². The number of nitrogens with one attached hydrogen (secondary N) is 1. The highest BCUT2D eigenvalue weighted by atomic mass is 32.1. The van der Waals surface area contributed by atoms with Crippen LogP contribution in [0.25, 0.3) is 0 Å². The molecule has 104 valence electrons. The second-order valence-corrected chi connectivity index (χ2v) is 6.65. The molecule has 2 aliphatic rings. The summed E-state index contributed by atoms with van der Waals surface area (Å²) in [4.78, 5) is 13.8. The molecule has 19 heavy (non-hydrogen) atoms. The van der Waals surface area contributed by atoms with Crippen LogP contribution in [-0.4, -0.2) is 23.2 Å². The molecule has 0 aliphatic heterocycles. The van der Waals surface area contributed by atoms with Gasteiger partial charge >= 0.3 is 0 Å². The van der Waals surface area contributed by atoms with Gasteiger partial charge < -0.3 is 10.4 Å². The molecule has 0 unspecified atom stereocenters. The van der Waals surface area contributed by atoms with Crippen molar-refractivity contribution >= 4 is 17.2 Å². The number of aryl methyl sites for hydroxylation is 1.